The summed E-state index contributed by atoms with van der Waals surface area (Å²) in [7, 11) is 1.53. The topological polar surface area (TPSA) is 96.8 Å². The zero-order chi connectivity index (χ0) is 24.1. The average Bonchev–Trinajstić information content (AvgIpc) is 3.27. The van der Waals surface area contributed by atoms with Crippen LogP contribution in [0.2, 0.25) is 0 Å². The van der Waals surface area contributed by atoms with Gasteiger partial charge in [0, 0.05) is 25.5 Å². The highest BCUT2D eigenvalue weighted by atomic mass is 79.9. The van der Waals surface area contributed by atoms with Crippen LogP contribution in [0.15, 0.2) is 79.1 Å². The number of amides is 1. The molecule has 0 aliphatic rings. The van der Waals surface area contributed by atoms with Crippen LogP contribution in [-0.4, -0.2) is 19.2 Å². The van der Waals surface area contributed by atoms with Crippen LogP contribution in [0.5, 0.6) is 11.5 Å². The molecule has 170 valence electrons. The first-order valence-electron chi connectivity index (χ1n) is 9.99. The molecular weight excluding hydrogens is 566 g/mol. The Labute approximate surface area is 212 Å². The fraction of sp³-hybridized carbons (Fsp3) is 0.0800. The average molecular weight is 583 g/mol. The van der Waals surface area contributed by atoms with Gasteiger partial charge in [-0.25, -0.2) is 5.43 Å². The molecule has 0 spiro atoms. The zero-order valence-electron chi connectivity index (χ0n) is 17.8. The minimum atomic E-state index is -0.470. The lowest BCUT2D eigenvalue weighted by molar-refractivity contribution is 0.0929. The number of nitrogens with zero attached hydrogens (tertiary/aromatic N) is 2. The first-order chi connectivity index (χ1) is 16.5. The van der Waals surface area contributed by atoms with E-state index >= 15 is 0 Å². The van der Waals surface area contributed by atoms with Gasteiger partial charge >= 0.3 is 5.91 Å². The number of methoxy groups -OCH3 is 1. The molecule has 4 aromatic rings. The molecule has 0 radical (unpaired) electrons. The largest absolute Gasteiger partial charge is 0.493 e. The molecule has 0 aliphatic carbocycles. The van der Waals surface area contributed by atoms with Crippen molar-refractivity contribution in [2.45, 2.75) is 6.61 Å². The molecule has 1 amide bonds. The van der Waals surface area contributed by atoms with Crippen LogP contribution < -0.4 is 14.9 Å². The quantitative estimate of drug-likeness (QED) is 0.207. The smallest absolute Gasteiger partial charge is 0.307 e. The Balaban J connectivity index is 1.46. The van der Waals surface area contributed by atoms with Crippen LogP contribution in [0.25, 0.3) is 11.0 Å². The Morgan fingerprint density at radius 2 is 1.97 bits per heavy atom. The van der Waals surface area contributed by atoms with Crippen LogP contribution in [-0.2, 0) is 6.61 Å². The number of benzene rings is 3. The van der Waals surface area contributed by atoms with Crippen LogP contribution in [0.4, 0.5) is 0 Å². The van der Waals surface area contributed by atoms with Crippen molar-refractivity contribution in [3.05, 3.63) is 92.1 Å². The molecule has 0 saturated carbocycles. The van der Waals surface area contributed by atoms with Crippen molar-refractivity contribution in [1.82, 2.24) is 5.43 Å². The first kappa shape index (κ1) is 23.5. The number of fused-ring (bicyclic) bond motifs is 1. The highest BCUT2D eigenvalue weighted by Crippen LogP contribution is 2.33. The van der Waals surface area contributed by atoms with Gasteiger partial charge in [0.25, 0.3) is 0 Å². The summed E-state index contributed by atoms with van der Waals surface area (Å²) < 4.78 is 18.5. The molecule has 7 nitrogen and oxygen atoms in total. The molecule has 0 saturated heterocycles. The minimum Gasteiger partial charge on any atom is -0.493 e. The number of ether oxygens (including phenoxy) is 2. The SMILES string of the molecule is COc1cc(/C=N/NC(=O)c2cc3cc(Br)ccc3o2)c(Br)cc1OCc1ccccc1C#N. The molecule has 0 aliphatic heterocycles. The number of carbonyl (C=O) groups is 1. The summed E-state index contributed by atoms with van der Waals surface area (Å²) in [4.78, 5) is 12.4. The number of furan rings is 1. The van der Waals surface area contributed by atoms with E-state index in [-0.39, 0.29) is 12.4 Å². The van der Waals surface area contributed by atoms with E-state index in [1.54, 1.807) is 36.4 Å². The first-order valence-corrected chi connectivity index (χ1v) is 11.6. The molecule has 4 rings (SSSR count). The molecule has 3 aromatic carbocycles. The molecule has 1 heterocycles. The third-order valence-electron chi connectivity index (χ3n) is 4.88. The van der Waals surface area contributed by atoms with Gasteiger partial charge in [-0.1, -0.05) is 34.1 Å². The summed E-state index contributed by atoms with van der Waals surface area (Å²) in [6.07, 6.45) is 1.48. The predicted octanol–water partition coefficient (Wildman–Crippen LogP) is 6.18. The number of halogens is 2. The zero-order valence-corrected chi connectivity index (χ0v) is 21.0. The molecule has 0 bridgehead atoms. The number of rotatable bonds is 7. The monoisotopic (exact) mass is 581 g/mol. The maximum absolute atomic E-state index is 12.4. The van der Waals surface area contributed by atoms with Crippen molar-refractivity contribution in [3.8, 4) is 17.6 Å². The highest BCUT2D eigenvalue weighted by molar-refractivity contribution is 9.10. The van der Waals surface area contributed by atoms with Gasteiger partial charge < -0.3 is 13.9 Å². The Morgan fingerprint density at radius 3 is 2.76 bits per heavy atom. The van der Waals surface area contributed by atoms with Gasteiger partial charge in [0.05, 0.1) is 25.0 Å². The Kier molecular flexibility index (Phi) is 7.30. The van der Waals surface area contributed by atoms with Crippen molar-refractivity contribution in [2.75, 3.05) is 7.11 Å². The summed E-state index contributed by atoms with van der Waals surface area (Å²) >= 11 is 6.89. The van der Waals surface area contributed by atoms with Crippen molar-refractivity contribution in [1.29, 1.82) is 5.26 Å². The van der Waals surface area contributed by atoms with Crippen LogP contribution in [0, 0.1) is 11.3 Å². The second kappa shape index (κ2) is 10.5. The number of nitrogens with one attached hydrogen (secondary N) is 1. The van der Waals surface area contributed by atoms with Crippen molar-refractivity contribution < 1.29 is 18.7 Å². The van der Waals surface area contributed by atoms with Gasteiger partial charge in [0.1, 0.15) is 12.2 Å². The van der Waals surface area contributed by atoms with Gasteiger partial charge in [0.2, 0.25) is 0 Å². The molecule has 0 atom stereocenters. The number of hydrogen-bond acceptors (Lipinski definition) is 6. The number of nitriles is 1. The number of carbonyl (C=O) groups excluding carboxylic acids is 1. The van der Waals surface area contributed by atoms with Crippen molar-refractivity contribution in [2.24, 2.45) is 5.10 Å². The third-order valence-corrected chi connectivity index (χ3v) is 6.06. The van der Waals surface area contributed by atoms with E-state index in [2.05, 4.69) is 48.5 Å². The highest BCUT2D eigenvalue weighted by Gasteiger charge is 2.13. The lowest BCUT2D eigenvalue weighted by Gasteiger charge is -2.13. The maximum atomic E-state index is 12.4. The summed E-state index contributed by atoms with van der Waals surface area (Å²) in [5.41, 5.74) is 5.06. The van der Waals surface area contributed by atoms with E-state index in [9.17, 15) is 10.1 Å². The number of hydrogen-bond donors (Lipinski definition) is 1. The molecule has 9 heteroatoms. The predicted molar refractivity (Wildman–Crippen MR) is 135 cm³/mol. The second-order valence-corrected chi connectivity index (χ2v) is 8.84. The van der Waals surface area contributed by atoms with Crippen LogP contribution >= 0.6 is 31.9 Å². The van der Waals surface area contributed by atoms with Crippen LogP contribution in [0.3, 0.4) is 0 Å². The van der Waals surface area contributed by atoms with Gasteiger partial charge in [-0.3, -0.25) is 4.79 Å². The summed E-state index contributed by atoms with van der Waals surface area (Å²) in [6.45, 7) is 0.212. The Hall–Kier alpha value is -3.61. The molecule has 0 fully saturated rings. The lowest BCUT2D eigenvalue weighted by Crippen LogP contribution is -2.16. The fourth-order valence-electron chi connectivity index (χ4n) is 3.17. The molecule has 34 heavy (non-hydrogen) atoms. The van der Waals surface area contributed by atoms with E-state index in [1.807, 2.05) is 24.3 Å². The van der Waals surface area contributed by atoms with E-state index in [4.69, 9.17) is 13.9 Å². The molecule has 1 aromatic heterocycles. The van der Waals surface area contributed by atoms with Crippen molar-refractivity contribution in [3.63, 3.8) is 0 Å². The fourth-order valence-corrected chi connectivity index (χ4v) is 3.98. The second-order valence-electron chi connectivity index (χ2n) is 7.07. The molecule has 1 N–H and O–H groups in total. The minimum absolute atomic E-state index is 0.156. The van der Waals surface area contributed by atoms with Gasteiger partial charge in [0.15, 0.2) is 17.3 Å². The van der Waals surface area contributed by atoms with E-state index in [1.165, 1.54) is 13.3 Å². The number of hydrazone groups is 1. The van der Waals surface area contributed by atoms with Gasteiger partial charge in [-0.2, -0.15) is 10.4 Å². The van der Waals surface area contributed by atoms with Gasteiger partial charge in [-0.05, 0) is 58.4 Å². The Morgan fingerprint density at radius 1 is 1.15 bits per heavy atom. The van der Waals surface area contributed by atoms with Crippen LogP contribution in [0.1, 0.15) is 27.2 Å². The Bertz CT molecular complexity index is 1440. The standard InChI is InChI=1S/C25H17Br2N3O4/c1-32-22-10-18(20(27)11-23(22)33-14-16-5-3-2-4-15(16)12-28)13-29-30-25(31)24-9-17-8-19(26)6-7-21(17)34-24/h2-11,13H,14H2,1H3,(H,30,31)/b29-13+. The van der Waals surface area contributed by atoms with E-state index in [0.29, 0.717) is 32.7 Å². The van der Waals surface area contributed by atoms with Crippen molar-refractivity contribution >= 4 is 55.0 Å². The van der Waals surface area contributed by atoms with E-state index in [0.717, 1.165) is 15.4 Å². The summed E-state index contributed by atoms with van der Waals surface area (Å²) in [5, 5.41) is 14.1. The third kappa shape index (κ3) is 5.30. The normalized spacial score (nSPS) is 10.9. The molecular formula is C25H17Br2N3O4. The maximum Gasteiger partial charge on any atom is 0.307 e. The molecule has 0 unspecified atom stereocenters. The summed E-state index contributed by atoms with van der Waals surface area (Å²) in [5.74, 6) is 0.663. The lowest BCUT2D eigenvalue weighted by atomic mass is 10.1. The van der Waals surface area contributed by atoms with E-state index < -0.39 is 5.91 Å². The summed E-state index contributed by atoms with van der Waals surface area (Å²) in [6, 6.07) is 20.0. The van der Waals surface area contributed by atoms with Gasteiger partial charge in [-0.15, -0.1) is 0 Å².